The van der Waals surface area contributed by atoms with Crippen molar-refractivity contribution in [3.05, 3.63) is 59.2 Å². The average Bonchev–Trinajstić information content (AvgIpc) is 3.02. The molecule has 0 spiro atoms. The van der Waals surface area contributed by atoms with E-state index in [4.69, 9.17) is 15.2 Å². The molecular weight excluding hydrogens is 308 g/mol. The van der Waals surface area contributed by atoms with Crippen LogP contribution in [0.3, 0.4) is 0 Å². The van der Waals surface area contributed by atoms with E-state index in [0.29, 0.717) is 18.1 Å². The second kappa shape index (κ2) is 6.80. The van der Waals surface area contributed by atoms with Crippen LogP contribution < -0.4 is 15.2 Å². The second-order valence-corrected chi connectivity index (χ2v) is 5.73. The van der Waals surface area contributed by atoms with Crippen molar-refractivity contribution in [2.45, 2.75) is 25.5 Å². The Kier molecular flexibility index (Phi) is 4.57. The van der Waals surface area contributed by atoms with Gasteiger partial charge in [-0.1, -0.05) is 18.2 Å². The summed E-state index contributed by atoms with van der Waals surface area (Å²) in [5.41, 5.74) is 8.16. The summed E-state index contributed by atoms with van der Waals surface area (Å²) in [5, 5.41) is 10.4. The minimum absolute atomic E-state index is 0.381. The number of nitrogens with two attached hydrogens (primary N) is 1. The smallest absolute Gasteiger partial charge is 0.339 e. The summed E-state index contributed by atoms with van der Waals surface area (Å²) in [6.45, 7) is 0.458. The highest BCUT2D eigenvalue weighted by molar-refractivity contribution is 5.71. The molecule has 0 fully saturated rings. The fraction of sp³-hybridized carbons (Fsp3) is 0.278. The van der Waals surface area contributed by atoms with Crippen LogP contribution in [0.2, 0.25) is 0 Å². The number of urea groups is 1. The maximum absolute atomic E-state index is 11.1. The number of carbonyl (C=O) groups is 1. The zero-order valence-electron chi connectivity index (χ0n) is 13.4. The lowest BCUT2D eigenvalue weighted by Gasteiger charge is -2.20. The van der Waals surface area contributed by atoms with Gasteiger partial charge in [0.1, 0.15) is 18.1 Å². The molecule has 2 amide bonds. The van der Waals surface area contributed by atoms with E-state index in [1.807, 2.05) is 42.5 Å². The van der Waals surface area contributed by atoms with Crippen LogP contribution in [0.25, 0.3) is 0 Å². The zero-order chi connectivity index (χ0) is 17.1. The van der Waals surface area contributed by atoms with Crippen molar-refractivity contribution in [2.75, 3.05) is 7.11 Å². The molecule has 126 valence electrons. The van der Waals surface area contributed by atoms with Gasteiger partial charge < -0.3 is 15.2 Å². The highest BCUT2D eigenvalue weighted by Crippen LogP contribution is 2.36. The number of methoxy groups -OCH3 is 1. The van der Waals surface area contributed by atoms with Crippen molar-refractivity contribution < 1.29 is 19.5 Å². The van der Waals surface area contributed by atoms with E-state index in [-0.39, 0.29) is 6.04 Å². The second-order valence-electron chi connectivity index (χ2n) is 5.73. The maximum atomic E-state index is 11.1. The van der Waals surface area contributed by atoms with Crippen LogP contribution in [0.15, 0.2) is 42.5 Å². The Bertz CT molecular complexity index is 730. The van der Waals surface area contributed by atoms with Crippen LogP contribution in [0, 0.1) is 0 Å². The van der Waals surface area contributed by atoms with E-state index in [0.717, 1.165) is 34.6 Å². The summed E-state index contributed by atoms with van der Waals surface area (Å²) < 4.78 is 11.0. The van der Waals surface area contributed by atoms with E-state index in [9.17, 15) is 10.0 Å². The number of nitrogens with zero attached hydrogens (tertiary/aromatic N) is 1. The van der Waals surface area contributed by atoms with Gasteiger partial charge in [0, 0.05) is 0 Å². The zero-order valence-corrected chi connectivity index (χ0v) is 13.4. The number of carbonyl (C=O) groups excluding carboxylic acids is 1. The summed E-state index contributed by atoms with van der Waals surface area (Å²) in [4.78, 5) is 11.1. The molecule has 24 heavy (non-hydrogen) atoms. The molecule has 1 aliphatic carbocycles. The van der Waals surface area contributed by atoms with Gasteiger partial charge in [0.05, 0.1) is 13.2 Å². The third kappa shape index (κ3) is 3.28. The van der Waals surface area contributed by atoms with Crippen molar-refractivity contribution in [1.82, 2.24) is 5.06 Å². The van der Waals surface area contributed by atoms with Crippen molar-refractivity contribution in [3.8, 4) is 11.5 Å². The molecule has 6 heteroatoms. The largest absolute Gasteiger partial charge is 0.497 e. The summed E-state index contributed by atoms with van der Waals surface area (Å²) in [6.07, 6.45) is 1.42. The molecule has 0 bridgehead atoms. The number of hydrogen-bond acceptors (Lipinski definition) is 4. The van der Waals surface area contributed by atoms with Crippen molar-refractivity contribution in [3.63, 3.8) is 0 Å². The molecule has 1 atom stereocenters. The number of hydrogen-bond donors (Lipinski definition) is 2. The van der Waals surface area contributed by atoms with Crippen LogP contribution in [-0.2, 0) is 13.0 Å². The van der Waals surface area contributed by atoms with Gasteiger partial charge in [-0.15, -0.1) is 0 Å². The van der Waals surface area contributed by atoms with Gasteiger partial charge in [-0.3, -0.25) is 5.21 Å². The molecule has 1 unspecified atom stereocenters. The van der Waals surface area contributed by atoms with Gasteiger partial charge >= 0.3 is 6.03 Å². The molecule has 0 aliphatic heterocycles. The molecule has 0 aromatic heterocycles. The third-order valence-electron chi connectivity index (χ3n) is 4.25. The predicted octanol–water partition coefficient (Wildman–Crippen LogP) is 3.03. The summed E-state index contributed by atoms with van der Waals surface area (Å²) >= 11 is 0. The quantitative estimate of drug-likeness (QED) is 0.652. The third-order valence-corrected chi connectivity index (χ3v) is 4.25. The van der Waals surface area contributed by atoms with Gasteiger partial charge in [-0.25, -0.2) is 4.79 Å². The number of benzene rings is 2. The highest BCUT2D eigenvalue weighted by atomic mass is 16.5. The van der Waals surface area contributed by atoms with Gasteiger partial charge in [0.2, 0.25) is 0 Å². The van der Waals surface area contributed by atoms with E-state index < -0.39 is 6.03 Å². The highest BCUT2D eigenvalue weighted by Gasteiger charge is 2.29. The minimum Gasteiger partial charge on any atom is -0.497 e. The number of fused-ring (bicyclic) bond motifs is 1. The Hall–Kier alpha value is -2.73. The normalized spacial score (nSPS) is 15.7. The lowest BCUT2D eigenvalue weighted by atomic mass is 10.1. The predicted molar refractivity (Wildman–Crippen MR) is 88.0 cm³/mol. The summed E-state index contributed by atoms with van der Waals surface area (Å²) in [7, 11) is 1.63. The van der Waals surface area contributed by atoms with Crippen LogP contribution in [0.4, 0.5) is 4.79 Å². The number of hydroxylamine groups is 2. The van der Waals surface area contributed by atoms with Crippen LogP contribution in [0.1, 0.15) is 29.2 Å². The number of primary amides is 1. The molecule has 0 saturated carbocycles. The van der Waals surface area contributed by atoms with Crippen LogP contribution in [-0.4, -0.2) is 23.4 Å². The van der Waals surface area contributed by atoms with Gasteiger partial charge in [-0.2, -0.15) is 5.06 Å². The first kappa shape index (κ1) is 16.1. The van der Waals surface area contributed by atoms with Gasteiger partial charge in [-0.05, 0) is 53.8 Å². The molecule has 0 saturated heterocycles. The topological polar surface area (TPSA) is 85.0 Å². The number of amides is 2. The maximum Gasteiger partial charge on any atom is 0.339 e. The molecule has 0 heterocycles. The Morgan fingerprint density at radius 1 is 1.25 bits per heavy atom. The first-order valence-electron chi connectivity index (χ1n) is 7.74. The number of rotatable bonds is 5. The number of ether oxygens (including phenoxy) is 2. The first-order chi connectivity index (χ1) is 11.6. The fourth-order valence-electron chi connectivity index (χ4n) is 2.96. The van der Waals surface area contributed by atoms with Crippen molar-refractivity contribution in [2.24, 2.45) is 5.73 Å². The Morgan fingerprint density at radius 3 is 2.62 bits per heavy atom. The van der Waals surface area contributed by atoms with Crippen molar-refractivity contribution in [1.29, 1.82) is 0 Å². The van der Waals surface area contributed by atoms with Crippen LogP contribution in [0.5, 0.6) is 11.5 Å². The van der Waals surface area contributed by atoms with E-state index in [1.165, 1.54) is 0 Å². The van der Waals surface area contributed by atoms with Crippen LogP contribution >= 0.6 is 0 Å². The Morgan fingerprint density at radius 2 is 1.96 bits per heavy atom. The number of aryl methyl sites for hydroxylation is 1. The van der Waals surface area contributed by atoms with Crippen molar-refractivity contribution >= 4 is 6.03 Å². The molecule has 3 rings (SSSR count). The SMILES string of the molecule is COc1ccc(COc2ccc3c(c2)CCC3N(O)C(N)=O)cc1. The molecule has 3 N–H and O–H groups in total. The summed E-state index contributed by atoms with van der Waals surface area (Å²) in [5.74, 6) is 1.57. The Balaban J connectivity index is 1.67. The lowest BCUT2D eigenvalue weighted by Crippen LogP contribution is -2.35. The molecule has 1 aliphatic rings. The first-order valence-corrected chi connectivity index (χ1v) is 7.74. The van der Waals surface area contributed by atoms with E-state index in [2.05, 4.69) is 0 Å². The molecule has 2 aromatic rings. The van der Waals surface area contributed by atoms with E-state index in [1.54, 1.807) is 7.11 Å². The standard InChI is InChI=1S/C18H20N2O4/c1-23-14-5-2-12(3-6-14)11-24-15-7-8-16-13(10-15)4-9-17(16)20(22)18(19)21/h2-3,5-8,10,17,22H,4,9,11H2,1H3,(H2,19,21). The Labute approximate surface area is 140 Å². The molecule has 6 nitrogen and oxygen atoms in total. The van der Waals surface area contributed by atoms with E-state index >= 15 is 0 Å². The summed E-state index contributed by atoms with van der Waals surface area (Å²) in [6, 6.07) is 12.2. The molecule has 0 radical (unpaired) electrons. The fourth-order valence-corrected chi connectivity index (χ4v) is 2.96. The van der Waals surface area contributed by atoms with Gasteiger partial charge in [0.25, 0.3) is 0 Å². The monoisotopic (exact) mass is 328 g/mol. The van der Waals surface area contributed by atoms with Gasteiger partial charge in [0.15, 0.2) is 0 Å². The molecule has 2 aromatic carbocycles. The molecular formula is C18H20N2O4. The minimum atomic E-state index is -0.840. The lowest BCUT2D eigenvalue weighted by molar-refractivity contribution is -0.0757. The average molecular weight is 328 g/mol.